The van der Waals surface area contributed by atoms with Gasteiger partial charge in [-0.3, -0.25) is 9.69 Å². The standard InChI is InChI=1S/C23H26FN5O/c1-4-29(5-2)12-20-13(3)27-22(28-20)17-9-8-15(18-11-26-23(30)21(17)18)16-7-6-14(25)10-19(16)24/h6-10H,4-5,11-12,25H2,1-3H3,(H,26,30)(H,27,28). The Morgan fingerprint density at radius 3 is 2.53 bits per heavy atom. The third-order valence-electron chi connectivity index (χ3n) is 5.77. The minimum atomic E-state index is -0.403. The number of nitrogen functional groups attached to an aromatic ring is 1. The predicted molar refractivity (Wildman–Crippen MR) is 116 cm³/mol. The summed E-state index contributed by atoms with van der Waals surface area (Å²) in [5.41, 5.74) is 11.2. The number of carbonyl (C=O) groups excluding carboxylic acids is 1. The average molecular weight is 407 g/mol. The van der Waals surface area contributed by atoms with Gasteiger partial charge in [-0.2, -0.15) is 0 Å². The number of aromatic amines is 1. The van der Waals surface area contributed by atoms with Crippen LogP contribution in [-0.4, -0.2) is 33.9 Å². The van der Waals surface area contributed by atoms with Crippen molar-refractivity contribution in [2.75, 3.05) is 18.8 Å². The van der Waals surface area contributed by atoms with E-state index in [4.69, 9.17) is 10.7 Å². The van der Waals surface area contributed by atoms with Crippen molar-refractivity contribution in [3.8, 4) is 22.5 Å². The quantitative estimate of drug-likeness (QED) is 0.542. The molecule has 2 aromatic carbocycles. The normalized spacial score (nSPS) is 13.0. The summed E-state index contributed by atoms with van der Waals surface area (Å²) < 4.78 is 14.6. The van der Waals surface area contributed by atoms with E-state index in [0.29, 0.717) is 34.7 Å². The second-order valence-corrected chi connectivity index (χ2v) is 7.55. The van der Waals surface area contributed by atoms with Gasteiger partial charge in [-0.15, -0.1) is 0 Å². The van der Waals surface area contributed by atoms with Gasteiger partial charge < -0.3 is 16.0 Å². The maximum Gasteiger partial charge on any atom is 0.252 e. The van der Waals surface area contributed by atoms with Crippen LogP contribution in [0.5, 0.6) is 0 Å². The smallest absolute Gasteiger partial charge is 0.252 e. The van der Waals surface area contributed by atoms with E-state index in [1.165, 1.54) is 6.07 Å². The molecule has 1 aliphatic heterocycles. The summed E-state index contributed by atoms with van der Waals surface area (Å²) >= 11 is 0. The van der Waals surface area contributed by atoms with E-state index in [1.807, 2.05) is 19.1 Å². The minimum Gasteiger partial charge on any atom is -0.399 e. The first-order valence-corrected chi connectivity index (χ1v) is 10.2. The van der Waals surface area contributed by atoms with Crippen LogP contribution in [0.3, 0.4) is 0 Å². The summed E-state index contributed by atoms with van der Waals surface area (Å²) in [6, 6.07) is 8.31. The molecule has 0 bridgehead atoms. The lowest BCUT2D eigenvalue weighted by Crippen LogP contribution is -2.22. The van der Waals surface area contributed by atoms with Gasteiger partial charge in [0.1, 0.15) is 11.6 Å². The van der Waals surface area contributed by atoms with Crippen molar-refractivity contribution < 1.29 is 9.18 Å². The summed E-state index contributed by atoms with van der Waals surface area (Å²) in [5, 5.41) is 2.87. The van der Waals surface area contributed by atoms with E-state index in [2.05, 4.69) is 29.0 Å². The number of imidazole rings is 1. The largest absolute Gasteiger partial charge is 0.399 e. The Hall–Kier alpha value is -3.19. The molecule has 0 saturated heterocycles. The first kappa shape index (κ1) is 20.1. The number of amides is 1. The molecule has 0 saturated carbocycles. The van der Waals surface area contributed by atoms with Crippen LogP contribution in [0.15, 0.2) is 30.3 Å². The van der Waals surface area contributed by atoms with Gasteiger partial charge in [0.15, 0.2) is 0 Å². The summed E-state index contributed by atoms with van der Waals surface area (Å²) in [5.74, 6) is 0.0870. The van der Waals surface area contributed by atoms with Gasteiger partial charge >= 0.3 is 0 Å². The lowest BCUT2D eigenvalue weighted by molar-refractivity contribution is 0.0966. The highest BCUT2D eigenvalue weighted by Gasteiger charge is 2.28. The first-order valence-electron chi connectivity index (χ1n) is 10.2. The topological polar surface area (TPSA) is 87.0 Å². The maximum absolute atomic E-state index is 14.6. The van der Waals surface area contributed by atoms with Crippen molar-refractivity contribution >= 4 is 11.6 Å². The molecule has 0 radical (unpaired) electrons. The Kier molecular flexibility index (Phi) is 5.30. The number of hydrogen-bond donors (Lipinski definition) is 3. The van der Waals surface area contributed by atoms with Gasteiger partial charge in [0.05, 0.1) is 17.0 Å². The number of nitrogens with zero attached hydrogens (tertiary/aromatic N) is 2. The van der Waals surface area contributed by atoms with Gasteiger partial charge in [-0.1, -0.05) is 19.9 Å². The number of fused-ring (bicyclic) bond motifs is 1. The van der Waals surface area contributed by atoms with E-state index in [0.717, 1.165) is 42.1 Å². The summed E-state index contributed by atoms with van der Waals surface area (Å²) in [6.07, 6.45) is 0. The second-order valence-electron chi connectivity index (χ2n) is 7.55. The van der Waals surface area contributed by atoms with Crippen molar-refractivity contribution in [3.05, 3.63) is 58.7 Å². The summed E-state index contributed by atoms with van der Waals surface area (Å²) in [4.78, 5) is 23.1. The molecule has 0 unspecified atom stereocenters. The van der Waals surface area contributed by atoms with Gasteiger partial charge in [0, 0.05) is 29.9 Å². The maximum atomic E-state index is 14.6. The van der Waals surface area contributed by atoms with E-state index in [9.17, 15) is 9.18 Å². The molecule has 6 nitrogen and oxygen atoms in total. The number of carbonyl (C=O) groups is 1. The third kappa shape index (κ3) is 3.45. The van der Waals surface area contributed by atoms with Crippen LogP contribution in [0.2, 0.25) is 0 Å². The van der Waals surface area contributed by atoms with E-state index < -0.39 is 5.82 Å². The lowest BCUT2D eigenvalue weighted by Gasteiger charge is -2.17. The van der Waals surface area contributed by atoms with Gasteiger partial charge in [-0.05, 0) is 55.4 Å². The van der Waals surface area contributed by atoms with Crippen LogP contribution in [-0.2, 0) is 13.1 Å². The monoisotopic (exact) mass is 407 g/mol. The molecule has 0 aliphatic carbocycles. The molecule has 7 heteroatoms. The Bertz CT molecular complexity index is 1120. The number of nitrogens with two attached hydrogens (primary N) is 1. The van der Waals surface area contributed by atoms with Crippen molar-refractivity contribution in [1.82, 2.24) is 20.2 Å². The lowest BCUT2D eigenvalue weighted by atomic mass is 9.92. The number of benzene rings is 2. The predicted octanol–water partition coefficient (Wildman–Crippen LogP) is 3.86. The molecule has 3 aromatic rings. The molecular formula is C23H26FN5O. The Morgan fingerprint density at radius 1 is 1.13 bits per heavy atom. The van der Waals surface area contributed by atoms with Crippen molar-refractivity contribution in [3.63, 3.8) is 0 Å². The Labute approximate surface area is 175 Å². The molecule has 1 aliphatic rings. The number of aromatic nitrogens is 2. The van der Waals surface area contributed by atoms with Crippen molar-refractivity contribution in [1.29, 1.82) is 0 Å². The number of rotatable bonds is 6. The highest BCUT2D eigenvalue weighted by Crippen LogP contribution is 2.37. The van der Waals surface area contributed by atoms with E-state index in [1.54, 1.807) is 12.1 Å². The molecule has 156 valence electrons. The van der Waals surface area contributed by atoms with Crippen molar-refractivity contribution in [2.24, 2.45) is 0 Å². The Morgan fingerprint density at radius 2 is 1.83 bits per heavy atom. The molecule has 0 fully saturated rings. The highest BCUT2D eigenvalue weighted by molar-refractivity contribution is 6.06. The van der Waals surface area contributed by atoms with Crippen LogP contribution < -0.4 is 11.1 Å². The molecule has 30 heavy (non-hydrogen) atoms. The van der Waals surface area contributed by atoms with Crippen molar-refractivity contribution in [2.45, 2.75) is 33.9 Å². The van der Waals surface area contributed by atoms with Crippen LogP contribution >= 0.6 is 0 Å². The number of nitrogens with one attached hydrogen (secondary N) is 2. The number of halogens is 1. The SMILES string of the molecule is CCN(CC)Cc1[nH]c(-c2ccc(-c3ccc(N)cc3F)c3c2C(=O)NC3)nc1C. The minimum absolute atomic E-state index is 0.169. The molecule has 4 N–H and O–H groups in total. The van der Waals surface area contributed by atoms with Gasteiger partial charge in [0.2, 0.25) is 0 Å². The molecule has 0 spiro atoms. The highest BCUT2D eigenvalue weighted by atomic mass is 19.1. The van der Waals surface area contributed by atoms with Crippen LogP contribution in [0, 0.1) is 12.7 Å². The number of aryl methyl sites for hydroxylation is 1. The third-order valence-corrected chi connectivity index (χ3v) is 5.77. The number of hydrogen-bond acceptors (Lipinski definition) is 4. The van der Waals surface area contributed by atoms with Gasteiger partial charge in [-0.25, -0.2) is 9.37 Å². The van der Waals surface area contributed by atoms with Crippen LogP contribution in [0.25, 0.3) is 22.5 Å². The fraction of sp³-hybridized carbons (Fsp3) is 0.304. The molecular weight excluding hydrogens is 381 g/mol. The molecule has 0 atom stereocenters. The molecule has 1 aromatic heterocycles. The molecule has 2 heterocycles. The zero-order valence-corrected chi connectivity index (χ0v) is 17.5. The number of H-pyrrole nitrogens is 1. The summed E-state index contributed by atoms with van der Waals surface area (Å²) in [7, 11) is 0. The van der Waals surface area contributed by atoms with E-state index in [-0.39, 0.29) is 5.91 Å². The zero-order valence-electron chi connectivity index (χ0n) is 17.5. The summed E-state index contributed by atoms with van der Waals surface area (Å²) in [6.45, 7) is 9.25. The average Bonchev–Trinajstić information content (AvgIpc) is 3.29. The Balaban J connectivity index is 1.80. The number of anilines is 1. The molecule has 1 amide bonds. The van der Waals surface area contributed by atoms with Gasteiger partial charge in [0.25, 0.3) is 5.91 Å². The van der Waals surface area contributed by atoms with Crippen LogP contribution in [0.1, 0.15) is 41.2 Å². The first-order chi connectivity index (χ1) is 14.4. The second kappa shape index (κ2) is 7.91. The fourth-order valence-electron chi connectivity index (χ4n) is 4.00. The van der Waals surface area contributed by atoms with Crippen LogP contribution in [0.4, 0.5) is 10.1 Å². The molecule has 4 rings (SSSR count). The van der Waals surface area contributed by atoms with E-state index >= 15 is 0 Å². The zero-order chi connectivity index (χ0) is 21.4. The fourth-order valence-corrected chi connectivity index (χ4v) is 4.00.